The molecule has 0 saturated carbocycles. The van der Waals surface area contributed by atoms with E-state index in [-0.39, 0.29) is 29.1 Å². The first kappa shape index (κ1) is 20.3. The fourth-order valence-corrected chi connectivity index (χ4v) is 3.25. The topological polar surface area (TPSA) is 108 Å². The number of benzene rings is 1. The lowest BCUT2D eigenvalue weighted by molar-refractivity contribution is 0.0490. The number of aromatic nitrogens is 1. The number of pyridine rings is 1. The van der Waals surface area contributed by atoms with Crippen LogP contribution in [0.2, 0.25) is 0 Å². The molecule has 0 saturated heterocycles. The Bertz CT molecular complexity index is 1170. The van der Waals surface area contributed by atoms with Crippen molar-refractivity contribution in [3.05, 3.63) is 45.4 Å². The minimum absolute atomic E-state index is 0.130. The highest BCUT2D eigenvalue weighted by atomic mass is 16.5. The summed E-state index contributed by atoms with van der Waals surface area (Å²) < 4.78 is 15.6. The Labute approximate surface area is 166 Å². The summed E-state index contributed by atoms with van der Waals surface area (Å²) >= 11 is 0. The van der Waals surface area contributed by atoms with Crippen LogP contribution in [0, 0.1) is 0 Å². The van der Waals surface area contributed by atoms with Crippen molar-refractivity contribution in [3.8, 4) is 0 Å². The predicted octanol–water partition coefficient (Wildman–Crippen LogP) is 3.30. The second-order valence-electron chi connectivity index (χ2n) is 6.37. The molecule has 29 heavy (non-hydrogen) atoms. The van der Waals surface area contributed by atoms with Gasteiger partial charge in [0.2, 0.25) is 5.76 Å². The molecule has 1 N–H and O–H groups in total. The molecule has 0 aliphatic carbocycles. The van der Waals surface area contributed by atoms with Crippen molar-refractivity contribution < 1.29 is 23.5 Å². The molecule has 8 heteroatoms. The van der Waals surface area contributed by atoms with Crippen molar-refractivity contribution in [2.24, 2.45) is 0 Å². The normalized spacial score (nSPS) is 10.9. The number of hydrogen-bond donors (Lipinski definition) is 1. The number of hydrogen-bond acceptors (Lipinski definition) is 8. The lowest BCUT2D eigenvalue weighted by Crippen LogP contribution is -2.12. The maximum atomic E-state index is 12.7. The second kappa shape index (κ2) is 8.30. The molecule has 0 aliphatic rings. The van der Waals surface area contributed by atoms with Crippen LogP contribution in [0.1, 0.15) is 46.9 Å². The lowest BCUT2D eigenvalue weighted by Gasteiger charge is -2.14. The van der Waals surface area contributed by atoms with Crippen LogP contribution in [0.15, 0.2) is 27.4 Å². The largest absolute Gasteiger partial charge is 0.464 e. The fourth-order valence-electron chi connectivity index (χ4n) is 3.25. The van der Waals surface area contributed by atoms with E-state index in [9.17, 15) is 14.4 Å². The van der Waals surface area contributed by atoms with E-state index in [2.05, 4.69) is 10.3 Å². The van der Waals surface area contributed by atoms with Gasteiger partial charge in [-0.2, -0.15) is 0 Å². The molecule has 2 aromatic heterocycles. The number of esters is 2. The van der Waals surface area contributed by atoms with Gasteiger partial charge in [-0.15, -0.1) is 0 Å². The third kappa shape index (κ3) is 3.65. The summed E-state index contributed by atoms with van der Waals surface area (Å²) in [6.07, 6.45) is 1.27. The number of anilines is 1. The summed E-state index contributed by atoms with van der Waals surface area (Å²) in [4.78, 5) is 41.4. The Kier molecular flexibility index (Phi) is 5.81. The van der Waals surface area contributed by atoms with Gasteiger partial charge in [0.25, 0.3) is 0 Å². The van der Waals surface area contributed by atoms with Gasteiger partial charge in [0.1, 0.15) is 5.58 Å². The van der Waals surface area contributed by atoms with Gasteiger partial charge >= 0.3 is 11.9 Å². The summed E-state index contributed by atoms with van der Waals surface area (Å²) in [6.45, 7) is 3.81. The number of rotatable bonds is 6. The molecule has 0 fully saturated rings. The average Bonchev–Trinajstić information content (AvgIpc) is 2.72. The van der Waals surface area contributed by atoms with Crippen LogP contribution in [-0.4, -0.2) is 37.7 Å². The molecule has 2 heterocycles. The molecule has 8 nitrogen and oxygen atoms in total. The maximum Gasteiger partial charge on any atom is 0.374 e. The van der Waals surface area contributed by atoms with E-state index in [1.165, 1.54) is 7.11 Å². The van der Waals surface area contributed by atoms with E-state index >= 15 is 0 Å². The number of ether oxygens (including phenoxy) is 2. The Morgan fingerprint density at radius 3 is 2.52 bits per heavy atom. The third-order valence-corrected chi connectivity index (χ3v) is 4.53. The number of carbonyl (C=O) groups is 2. The van der Waals surface area contributed by atoms with Crippen LogP contribution in [0.25, 0.3) is 21.9 Å². The standard InChI is InChI=1S/C21H22N2O6/c1-5-7-11-18-12(14(22-3)9-15(23-18)20(25)27-4)8-13-16(24)10-17(29-19(11)13)21(26)28-6-2/h8-10H,5-7H2,1-4H3,(H,22,23). The maximum absolute atomic E-state index is 12.7. The Hall–Kier alpha value is -3.42. The smallest absolute Gasteiger partial charge is 0.374 e. The molecule has 3 rings (SSSR count). The minimum atomic E-state index is -0.707. The lowest BCUT2D eigenvalue weighted by atomic mass is 9.99. The molecule has 0 aliphatic heterocycles. The van der Waals surface area contributed by atoms with Crippen LogP contribution in [0.3, 0.4) is 0 Å². The first-order chi connectivity index (χ1) is 13.9. The fraction of sp³-hybridized carbons (Fsp3) is 0.333. The molecule has 0 atom stereocenters. The molecule has 0 unspecified atom stereocenters. The summed E-state index contributed by atoms with van der Waals surface area (Å²) in [7, 11) is 3.00. The van der Waals surface area contributed by atoms with E-state index in [1.54, 1.807) is 26.1 Å². The SMILES string of the molecule is CCCc1c2nc(C(=O)OC)cc(NC)c2cc2c(=O)cc(C(=O)OCC)oc12. The molecule has 0 radical (unpaired) electrons. The van der Waals surface area contributed by atoms with Crippen LogP contribution in [0.5, 0.6) is 0 Å². The second-order valence-corrected chi connectivity index (χ2v) is 6.37. The van der Waals surface area contributed by atoms with E-state index in [0.717, 1.165) is 12.5 Å². The van der Waals surface area contributed by atoms with Gasteiger partial charge in [0, 0.05) is 29.8 Å². The molecular formula is C21H22N2O6. The predicted molar refractivity (Wildman–Crippen MR) is 109 cm³/mol. The molecule has 152 valence electrons. The van der Waals surface area contributed by atoms with Crippen LogP contribution in [0.4, 0.5) is 5.69 Å². The van der Waals surface area contributed by atoms with Crippen molar-refractivity contribution in [1.82, 2.24) is 4.98 Å². The summed E-state index contributed by atoms with van der Waals surface area (Å²) in [5.74, 6) is -1.45. The zero-order valence-corrected chi connectivity index (χ0v) is 16.8. The van der Waals surface area contributed by atoms with Gasteiger partial charge in [-0.25, -0.2) is 14.6 Å². The molecule has 1 aromatic carbocycles. The number of methoxy groups -OCH3 is 1. The Balaban J connectivity index is 2.45. The first-order valence-corrected chi connectivity index (χ1v) is 9.32. The molecule has 3 aromatic rings. The van der Waals surface area contributed by atoms with Crippen LogP contribution < -0.4 is 10.7 Å². The Morgan fingerprint density at radius 1 is 1.14 bits per heavy atom. The third-order valence-electron chi connectivity index (χ3n) is 4.53. The minimum Gasteiger partial charge on any atom is -0.464 e. The number of nitrogens with zero attached hydrogens (tertiary/aromatic N) is 1. The molecular weight excluding hydrogens is 376 g/mol. The highest BCUT2D eigenvalue weighted by Gasteiger charge is 2.21. The molecule has 0 spiro atoms. The highest BCUT2D eigenvalue weighted by molar-refractivity contribution is 6.06. The zero-order chi connectivity index (χ0) is 21.1. The quantitative estimate of drug-likeness (QED) is 0.498. The van der Waals surface area contributed by atoms with Crippen molar-refractivity contribution in [1.29, 1.82) is 0 Å². The summed E-state index contributed by atoms with van der Waals surface area (Å²) in [5.41, 5.74) is 1.83. The monoisotopic (exact) mass is 398 g/mol. The van der Waals surface area contributed by atoms with Gasteiger partial charge in [-0.05, 0) is 25.5 Å². The van der Waals surface area contributed by atoms with Gasteiger partial charge in [-0.1, -0.05) is 13.3 Å². The zero-order valence-electron chi connectivity index (χ0n) is 16.8. The van der Waals surface area contributed by atoms with E-state index in [0.29, 0.717) is 34.0 Å². The summed E-state index contributed by atoms with van der Waals surface area (Å²) in [6, 6.07) is 4.37. The van der Waals surface area contributed by atoms with Crippen LogP contribution >= 0.6 is 0 Å². The number of fused-ring (bicyclic) bond motifs is 2. The number of nitrogens with one attached hydrogen (secondary N) is 1. The number of carbonyl (C=O) groups excluding carboxylic acids is 2. The summed E-state index contributed by atoms with van der Waals surface area (Å²) in [5, 5.41) is 4.04. The highest BCUT2D eigenvalue weighted by Crippen LogP contribution is 2.32. The van der Waals surface area contributed by atoms with E-state index < -0.39 is 11.9 Å². The Morgan fingerprint density at radius 2 is 1.90 bits per heavy atom. The average molecular weight is 398 g/mol. The number of aryl methyl sites for hydroxylation is 1. The van der Waals surface area contributed by atoms with Crippen LogP contribution in [-0.2, 0) is 15.9 Å². The van der Waals surface area contributed by atoms with Crippen molar-refractivity contribution in [2.45, 2.75) is 26.7 Å². The van der Waals surface area contributed by atoms with Gasteiger partial charge in [-0.3, -0.25) is 4.79 Å². The van der Waals surface area contributed by atoms with E-state index in [1.807, 2.05) is 6.92 Å². The van der Waals surface area contributed by atoms with Gasteiger partial charge < -0.3 is 19.2 Å². The van der Waals surface area contributed by atoms with E-state index in [4.69, 9.17) is 13.9 Å². The van der Waals surface area contributed by atoms with Gasteiger partial charge in [0.15, 0.2) is 11.1 Å². The van der Waals surface area contributed by atoms with Crippen molar-refractivity contribution in [3.63, 3.8) is 0 Å². The molecule has 0 amide bonds. The van der Waals surface area contributed by atoms with Crippen molar-refractivity contribution >= 4 is 39.5 Å². The first-order valence-electron chi connectivity index (χ1n) is 9.32. The van der Waals surface area contributed by atoms with Crippen molar-refractivity contribution in [2.75, 3.05) is 26.1 Å². The molecule has 0 bridgehead atoms. The van der Waals surface area contributed by atoms with Gasteiger partial charge in [0.05, 0.1) is 24.6 Å².